The van der Waals surface area contributed by atoms with Crippen molar-refractivity contribution in [3.05, 3.63) is 60.0 Å². The van der Waals surface area contributed by atoms with Crippen LogP contribution in [0.3, 0.4) is 0 Å². The normalized spacial score (nSPS) is 18.7. The molecule has 0 aliphatic carbocycles. The van der Waals surface area contributed by atoms with Crippen LogP contribution in [0.5, 0.6) is 0 Å². The van der Waals surface area contributed by atoms with Crippen LogP contribution >= 0.6 is 0 Å². The third kappa shape index (κ3) is 2.75. The van der Waals surface area contributed by atoms with E-state index in [9.17, 15) is 0 Å². The molecule has 3 heterocycles. The van der Waals surface area contributed by atoms with E-state index in [1.807, 2.05) is 18.5 Å². The summed E-state index contributed by atoms with van der Waals surface area (Å²) in [6, 6.07) is 12.8. The Balaban J connectivity index is 1.53. The number of fused-ring (bicyclic) bond motifs is 1. The molecule has 4 nitrogen and oxygen atoms in total. The Morgan fingerprint density at radius 3 is 2.91 bits per heavy atom. The van der Waals surface area contributed by atoms with Crippen LogP contribution in [0.25, 0.3) is 10.9 Å². The van der Waals surface area contributed by atoms with E-state index in [0.29, 0.717) is 5.92 Å². The van der Waals surface area contributed by atoms with Gasteiger partial charge in [0.2, 0.25) is 0 Å². The molecule has 1 saturated heterocycles. The summed E-state index contributed by atoms with van der Waals surface area (Å²) in [6.07, 6.45) is 5.06. The number of hydrogen-bond donors (Lipinski definition) is 0. The number of hydrogen-bond acceptors (Lipinski definition) is 3. The van der Waals surface area contributed by atoms with Crippen molar-refractivity contribution in [1.82, 2.24) is 19.7 Å². The van der Waals surface area contributed by atoms with Gasteiger partial charge in [-0.2, -0.15) is 5.10 Å². The van der Waals surface area contributed by atoms with E-state index >= 15 is 0 Å². The topological polar surface area (TPSA) is 34.0 Å². The Hall–Kier alpha value is -2.20. The van der Waals surface area contributed by atoms with Gasteiger partial charge in [0, 0.05) is 37.4 Å². The second kappa shape index (κ2) is 6.13. The smallest absolute Gasteiger partial charge is 0.0843 e. The van der Waals surface area contributed by atoms with Gasteiger partial charge in [0.25, 0.3) is 0 Å². The molecule has 1 aliphatic rings. The molecule has 0 N–H and O–H groups in total. The van der Waals surface area contributed by atoms with Crippen LogP contribution in [0.2, 0.25) is 0 Å². The van der Waals surface area contributed by atoms with Gasteiger partial charge in [-0.15, -0.1) is 0 Å². The van der Waals surface area contributed by atoms with E-state index in [1.165, 1.54) is 28.6 Å². The quantitative estimate of drug-likeness (QED) is 0.740. The van der Waals surface area contributed by atoms with Crippen LogP contribution < -0.4 is 0 Å². The predicted molar refractivity (Wildman–Crippen MR) is 92.3 cm³/mol. The number of nitrogens with zero attached hydrogens (tertiary/aromatic N) is 4. The SMILES string of the molecule is CCn1nc(CN2CCC(c3cccnc3)C2)c2ccccc21. The van der Waals surface area contributed by atoms with Gasteiger partial charge in [-0.25, -0.2) is 0 Å². The van der Waals surface area contributed by atoms with Crippen molar-refractivity contribution in [2.75, 3.05) is 13.1 Å². The largest absolute Gasteiger partial charge is 0.297 e. The Morgan fingerprint density at radius 2 is 2.09 bits per heavy atom. The van der Waals surface area contributed by atoms with Crippen molar-refractivity contribution in [3.63, 3.8) is 0 Å². The van der Waals surface area contributed by atoms with Gasteiger partial charge in [-0.05, 0) is 43.5 Å². The number of rotatable bonds is 4. The maximum Gasteiger partial charge on any atom is 0.0843 e. The van der Waals surface area contributed by atoms with E-state index in [-0.39, 0.29) is 0 Å². The predicted octanol–water partition coefficient (Wildman–Crippen LogP) is 3.44. The summed E-state index contributed by atoms with van der Waals surface area (Å²) in [5, 5.41) is 6.12. The maximum atomic E-state index is 4.83. The summed E-state index contributed by atoms with van der Waals surface area (Å²) in [7, 11) is 0. The highest BCUT2D eigenvalue weighted by Gasteiger charge is 2.25. The van der Waals surface area contributed by atoms with Crippen LogP contribution in [-0.4, -0.2) is 32.8 Å². The fourth-order valence-corrected chi connectivity index (χ4v) is 3.63. The average Bonchev–Trinajstić information content (AvgIpc) is 3.21. The summed E-state index contributed by atoms with van der Waals surface area (Å²) in [5.41, 5.74) is 3.81. The lowest BCUT2D eigenvalue weighted by Crippen LogP contribution is -2.20. The highest BCUT2D eigenvalue weighted by molar-refractivity contribution is 5.81. The minimum atomic E-state index is 0.600. The van der Waals surface area contributed by atoms with Crippen LogP contribution in [0.4, 0.5) is 0 Å². The number of benzene rings is 1. The molecule has 1 unspecified atom stereocenters. The second-order valence-corrected chi connectivity index (χ2v) is 6.29. The number of aromatic nitrogens is 3. The van der Waals surface area contributed by atoms with Crippen molar-refractivity contribution >= 4 is 10.9 Å². The third-order valence-corrected chi connectivity index (χ3v) is 4.84. The van der Waals surface area contributed by atoms with Crippen LogP contribution in [0.15, 0.2) is 48.8 Å². The summed E-state index contributed by atoms with van der Waals surface area (Å²) in [6.45, 7) is 6.23. The van der Waals surface area contributed by atoms with Gasteiger partial charge in [0.05, 0.1) is 11.2 Å². The molecule has 0 saturated carbocycles. The summed E-state index contributed by atoms with van der Waals surface area (Å²) in [4.78, 5) is 6.78. The molecule has 1 aromatic carbocycles. The minimum Gasteiger partial charge on any atom is -0.297 e. The fourth-order valence-electron chi connectivity index (χ4n) is 3.63. The molecule has 0 spiro atoms. The fraction of sp³-hybridized carbons (Fsp3) is 0.368. The second-order valence-electron chi connectivity index (χ2n) is 6.29. The maximum absolute atomic E-state index is 4.83. The lowest BCUT2D eigenvalue weighted by atomic mass is 10.0. The lowest BCUT2D eigenvalue weighted by molar-refractivity contribution is 0.322. The molecule has 3 aromatic rings. The van der Waals surface area contributed by atoms with Crippen molar-refractivity contribution in [3.8, 4) is 0 Å². The molecule has 1 fully saturated rings. The molecule has 23 heavy (non-hydrogen) atoms. The highest BCUT2D eigenvalue weighted by atomic mass is 15.3. The first kappa shape index (κ1) is 14.4. The van der Waals surface area contributed by atoms with Crippen molar-refractivity contribution in [2.45, 2.75) is 32.4 Å². The minimum absolute atomic E-state index is 0.600. The summed E-state index contributed by atoms with van der Waals surface area (Å²) < 4.78 is 2.11. The van der Waals surface area contributed by atoms with E-state index in [0.717, 1.165) is 26.2 Å². The molecule has 1 aliphatic heterocycles. The Labute approximate surface area is 136 Å². The van der Waals surface area contributed by atoms with Gasteiger partial charge >= 0.3 is 0 Å². The van der Waals surface area contributed by atoms with E-state index < -0.39 is 0 Å². The Morgan fingerprint density at radius 1 is 1.17 bits per heavy atom. The van der Waals surface area contributed by atoms with Crippen LogP contribution in [0.1, 0.15) is 30.5 Å². The molecular formula is C19H22N4. The molecule has 4 heteroatoms. The molecule has 118 valence electrons. The standard InChI is InChI=1S/C19H22N4/c1-2-23-19-8-4-3-7-17(19)18(21-23)14-22-11-9-16(13-22)15-6-5-10-20-12-15/h3-8,10,12,16H,2,9,11,13-14H2,1H3. The van der Waals surface area contributed by atoms with Gasteiger partial charge in [-0.1, -0.05) is 24.3 Å². The molecule has 0 radical (unpaired) electrons. The number of pyridine rings is 1. The number of likely N-dealkylation sites (tertiary alicyclic amines) is 1. The first-order valence-electron chi connectivity index (χ1n) is 8.42. The number of para-hydroxylation sites is 1. The van der Waals surface area contributed by atoms with Gasteiger partial charge in [-0.3, -0.25) is 14.6 Å². The van der Waals surface area contributed by atoms with Crippen LogP contribution in [-0.2, 0) is 13.1 Å². The van der Waals surface area contributed by atoms with E-state index in [4.69, 9.17) is 5.10 Å². The first-order valence-corrected chi connectivity index (χ1v) is 8.42. The van der Waals surface area contributed by atoms with Crippen LogP contribution in [0, 0.1) is 0 Å². The molecule has 0 amide bonds. The van der Waals surface area contributed by atoms with Gasteiger partial charge < -0.3 is 0 Å². The zero-order chi connectivity index (χ0) is 15.6. The zero-order valence-electron chi connectivity index (χ0n) is 13.5. The van der Waals surface area contributed by atoms with Gasteiger partial charge in [0.1, 0.15) is 0 Å². The third-order valence-electron chi connectivity index (χ3n) is 4.84. The molecule has 1 atom stereocenters. The van der Waals surface area contributed by atoms with E-state index in [1.54, 1.807) is 0 Å². The van der Waals surface area contributed by atoms with E-state index in [2.05, 4.69) is 51.8 Å². The molecular weight excluding hydrogens is 284 g/mol. The first-order chi connectivity index (χ1) is 11.3. The Kier molecular flexibility index (Phi) is 3.83. The van der Waals surface area contributed by atoms with Crippen molar-refractivity contribution in [1.29, 1.82) is 0 Å². The number of aryl methyl sites for hydroxylation is 1. The zero-order valence-corrected chi connectivity index (χ0v) is 13.5. The lowest BCUT2D eigenvalue weighted by Gasteiger charge is -2.15. The van der Waals surface area contributed by atoms with Crippen molar-refractivity contribution in [2.24, 2.45) is 0 Å². The summed E-state index contributed by atoms with van der Waals surface area (Å²) >= 11 is 0. The highest BCUT2D eigenvalue weighted by Crippen LogP contribution is 2.28. The van der Waals surface area contributed by atoms with Gasteiger partial charge in [0.15, 0.2) is 0 Å². The average molecular weight is 306 g/mol. The molecule has 0 bridgehead atoms. The molecule has 2 aromatic heterocycles. The summed E-state index contributed by atoms with van der Waals surface area (Å²) in [5.74, 6) is 0.600. The monoisotopic (exact) mass is 306 g/mol. The Bertz CT molecular complexity index is 793. The van der Waals surface area contributed by atoms with Crippen molar-refractivity contribution < 1.29 is 0 Å². The molecule has 4 rings (SSSR count).